The summed E-state index contributed by atoms with van der Waals surface area (Å²) in [4.78, 5) is 27.2. The zero-order valence-electron chi connectivity index (χ0n) is 12.3. The van der Waals surface area contributed by atoms with Crippen LogP contribution in [-0.4, -0.2) is 20.1 Å². The van der Waals surface area contributed by atoms with E-state index in [0.717, 1.165) is 0 Å². The van der Waals surface area contributed by atoms with Crippen LogP contribution in [0.1, 0.15) is 19.4 Å². The molecule has 0 saturated heterocycles. The summed E-state index contributed by atoms with van der Waals surface area (Å²) in [5.74, 6) is 0.379. The van der Waals surface area contributed by atoms with Crippen molar-refractivity contribution in [2.45, 2.75) is 19.4 Å². The molecule has 2 aromatic heterocycles. The lowest BCUT2D eigenvalue weighted by molar-refractivity contribution is -0.385. The Bertz CT molecular complexity index is 902. The van der Waals surface area contributed by atoms with Gasteiger partial charge in [-0.15, -0.1) is 0 Å². The molecule has 8 heteroatoms. The van der Waals surface area contributed by atoms with E-state index in [9.17, 15) is 14.9 Å². The second kappa shape index (κ2) is 5.31. The zero-order valence-corrected chi connectivity index (χ0v) is 13.9. The van der Waals surface area contributed by atoms with Crippen molar-refractivity contribution in [3.8, 4) is 5.88 Å². The van der Waals surface area contributed by atoms with Crippen molar-refractivity contribution in [3.63, 3.8) is 0 Å². The van der Waals surface area contributed by atoms with Gasteiger partial charge in [0.2, 0.25) is 5.88 Å². The van der Waals surface area contributed by atoms with Crippen molar-refractivity contribution in [1.29, 1.82) is 0 Å². The van der Waals surface area contributed by atoms with Gasteiger partial charge in [0.1, 0.15) is 5.60 Å². The topological polar surface area (TPSA) is 87.3 Å². The number of aromatic nitrogens is 2. The molecular weight excluding hydrogens is 366 g/mol. The lowest BCUT2D eigenvalue weighted by Crippen LogP contribution is -2.32. The van der Waals surface area contributed by atoms with Gasteiger partial charge in [-0.05, 0) is 48.0 Å². The first-order valence-corrected chi connectivity index (χ1v) is 7.52. The van der Waals surface area contributed by atoms with Gasteiger partial charge in [0.15, 0.2) is 0 Å². The number of pyridine rings is 2. The van der Waals surface area contributed by atoms with E-state index in [1.54, 1.807) is 24.4 Å². The van der Waals surface area contributed by atoms with E-state index in [-0.39, 0.29) is 10.2 Å². The number of ether oxygens (including phenoxy) is 1. The Morgan fingerprint density at radius 3 is 2.87 bits per heavy atom. The van der Waals surface area contributed by atoms with E-state index >= 15 is 0 Å². The summed E-state index contributed by atoms with van der Waals surface area (Å²) in [5.41, 5.74) is -0.186. The van der Waals surface area contributed by atoms with Crippen molar-refractivity contribution in [1.82, 2.24) is 9.55 Å². The van der Waals surface area contributed by atoms with Gasteiger partial charge in [0.05, 0.1) is 26.9 Å². The molecule has 3 heterocycles. The summed E-state index contributed by atoms with van der Waals surface area (Å²) in [5, 5.41) is 11.1. The summed E-state index contributed by atoms with van der Waals surface area (Å²) in [7, 11) is 0. The van der Waals surface area contributed by atoms with Crippen molar-refractivity contribution in [2.24, 2.45) is 0 Å². The number of nitro groups is 1. The molecule has 0 aliphatic carbocycles. The van der Waals surface area contributed by atoms with Crippen LogP contribution in [0.4, 0.5) is 5.69 Å². The van der Waals surface area contributed by atoms with Crippen LogP contribution in [0.25, 0.3) is 5.70 Å². The second-order valence-corrected chi connectivity index (χ2v) is 6.42. The van der Waals surface area contributed by atoms with Crippen molar-refractivity contribution < 1.29 is 9.66 Å². The Hall–Kier alpha value is -2.48. The van der Waals surface area contributed by atoms with E-state index < -0.39 is 16.1 Å². The molecule has 1 aliphatic rings. The summed E-state index contributed by atoms with van der Waals surface area (Å²) < 4.78 is 7.13. The highest BCUT2D eigenvalue weighted by atomic mass is 79.9. The van der Waals surface area contributed by atoms with Crippen LogP contribution >= 0.6 is 15.9 Å². The Kier molecular flexibility index (Phi) is 3.56. The van der Waals surface area contributed by atoms with E-state index in [4.69, 9.17) is 4.74 Å². The molecule has 118 valence electrons. The molecule has 23 heavy (non-hydrogen) atoms. The molecule has 0 saturated carbocycles. The molecule has 0 bridgehead atoms. The first kappa shape index (κ1) is 15.4. The summed E-state index contributed by atoms with van der Waals surface area (Å²) in [6, 6.07) is 4.66. The molecule has 0 unspecified atom stereocenters. The van der Waals surface area contributed by atoms with Crippen molar-refractivity contribution >= 4 is 27.3 Å². The quantitative estimate of drug-likeness (QED) is 0.592. The van der Waals surface area contributed by atoms with Crippen LogP contribution in [0.2, 0.25) is 0 Å². The predicted octanol–water partition coefficient (Wildman–Crippen LogP) is 2.97. The van der Waals surface area contributed by atoms with Crippen LogP contribution in [0.5, 0.6) is 5.88 Å². The first-order chi connectivity index (χ1) is 10.8. The van der Waals surface area contributed by atoms with Crippen LogP contribution in [-0.2, 0) is 0 Å². The molecule has 0 spiro atoms. The lowest BCUT2D eigenvalue weighted by atomic mass is 10.0. The van der Waals surface area contributed by atoms with E-state index in [1.807, 2.05) is 13.8 Å². The predicted molar refractivity (Wildman–Crippen MR) is 87.4 cm³/mol. The Morgan fingerprint density at radius 1 is 1.43 bits per heavy atom. The summed E-state index contributed by atoms with van der Waals surface area (Å²) in [6.45, 7) is 3.64. The number of nitrogens with zero attached hydrogens (tertiary/aromatic N) is 3. The lowest BCUT2D eigenvalue weighted by Gasteiger charge is -2.30. The van der Waals surface area contributed by atoms with Gasteiger partial charge in [-0.3, -0.25) is 19.5 Å². The molecule has 0 radical (unpaired) electrons. The minimum Gasteiger partial charge on any atom is -0.467 e. The maximum absolute atomic E-state index is 12.5. The van der Waals surface area contributed by atoms with Gasteiger partial charge >= 0.3 is 0 Å². The monoisotopic (exact) mass is 377 g/mol. The highest BCUT2D eigenvalue weighted by molar-refractivity contribution is 9.10. The molecule has 0 atom stereocenters. The summed E-state index contributed by atoms with van der Waals surface area (Å²) in [6.07, 6.45) is 4.54. The Labute approximate surface area is 139 Å². The number of fused-ring (bicyclic) bond motifs is 1. The molecular formula is C15H12BrN3O4. The van der Waals surface area contributed by atoms with E-state index in [2.05, 4.69) is 20.9 Å². The van der Waals surface area contributed by atoms with Crippen LogP contribution < -0.4 is 10.3 Å². The van der Waals surface area contributed by atoms with Crippen LogP contribution in [0.15, 0.2) is 45.9 Å². The maximum atomic E-state index is 12.5. The standard InChI is InChI=1S/C15H12BrN3O4/c1-15(2)7-12(10-4-3-5-17-13(10)23-15)18-8-9(19(21)22)6-11(16)14(18)20/h3-8H,1-2H3. The van der Waals surface area contributed by atoms with Gasteiger partial charge in [0, 0.05) is 12.3 Å². The fourth-order valence-corrected chi connectivity index (χ4v) is 2.79. The van der Waals surface area contributed by atoms with Crippen LogP contribution in [0, 0.1) is 10.1 Å². The molecule has 1 aliphatic heterocycles. The highest BCUT2D eigenvalue weighted by Gasteiger charge is 2.29. The minimum absolute atomic E-state index is 0.113. The fraction of sp³-hybridized carbons (Fsp3) is 0.200. The number of rotatable bonds is 2. The zero-order chi connectivity index (χ0) is 16.8. The fourth-order valence-electron chi connectivity index (χ4n) is 2.37. The SMILES string of the molecule is CC1(C)C=C(n2cc([N+](=O)[O-])cc(Br)c2=O)c2cccnc2O1. The van der Waals surface area contributed by atoms with Gasteiger partial charge < -0.3 is 4.74 Å². The highest BCUT2D eigenvalue weighted by Crippen LogP contribution is 2.35. The van der Waals surface area contributed by atoms with Gasteiger partial charge in [-0.1, -0.05) is 0 Å². The average Bonchev–Trinajstić information content (AvgIpc) is 2.48. The third-order valence-corrected chi connectivity index (χ3v) is 3.89. The van der Waals surface area contributed by atoms with Gasteiger partial charge in [-0.2, -0.15) is 0 Å². The maximum Gasteiger partial charge on any atom is 0.287 e. The second-order valence-electron chi connectivity index (χ2n) is 5.57. The number of halogens is 1. The smallest absolute Gasteiger partial charge is 0.287 e. The molecule has 0 aromatic carbocycles. The molecule has 2 aromatic rings. The van der Waals surface area contributed by atoms with E-state index in [1.165, 1.54) is 16.8 Å². The third kappa shape index (κ3) is 2.77. The van der Waals surface area contributed by atoms with Crippen molar-refractivity contribution in [2.75, 3.05) is 0 Å². The molecule has 3 rings (SSSR count). The largest absolute Gasteiger partial charge is 0.467 e. The Balaban J connectivity index is 2.31. The van der Waals surface area contributed by atoms with Crippen LogP contribution in [0.3, 0.4) is 0 Å². The normalized spacial score (nSPS) is 15.3. The average molecular weight is 378 g/mol. The molecule has 0 amide bonds. The third-order valence-electron chi connectivity index (χ3n) is 3.32. The molecule has 0 fully saturated rings. The van der Waals surface area contributed by atoms with Gasteiger partial charge in [0.25, 0.3) is 11.2 Å². The number of hydrogen-bond donors (Lipinski definition) is 0. The van der Waals surface area contributed by atoms with E-state index in [0.29, 0.717) is 17.1 Å². The first-order valence-electron chi connectivity index (χ1n) is 6.73. The minimum atomic E-state index is -0.701. The van der Waals surface area contributed by atoms with Gasteiger partial charge in [-0.25, -0.2) is 4.98 Å². The van der Waals surface area contributed by atoms with Crippen molar-refractivity contribution in [3.05, 3.63) is 67.2 Å². The summed E-state index contributed by atoms with van der Waals surface area (Å²) >= 11 is 3.09. The molecule has 7 nitrogen and oxygen atoms in total. The number of hydrogen-bond acceptors (Lipinski definition) is 5. The molecule has 0 N–H and O–H groups in total. The Morgan fingerprint density at radius 2 is 2.17 bits per heavy atom.